The Labute approximate surface area is 141 Å². The lowest BCUT2D eigenvalue weighted by molar-refractivity contribution is -0.120. The number of amides is 1. The fraction of sp³-hybridized carbons (Fsp3) is 0.278. The smallest absolute Gasteiger partial charge is 0.233 e. The fourth-order valence-corrected chi connectivity index (χ4v) is 3.05. The highest BCUT2D eigenvalue weighted by atomic mass is 32.2. The van der Waals surface area contributed by atoms with Gasteiger partial charge in [0.1, 0.15) is 11.5 Å². The van der Waals surface area contributed by atoms with E-state index in [2.05, 4.69) is 5.32 Å². The minimum absolute atomic E-state index is 0.0104. The van der Waals surface area contributed by atoms with E-state index >= 15 is 0 Å². The molecule has 0 aliphatic rings. The molecule has 23 heavy (non-hydrogen) atoms. The van der Waals surface area contributed by atoms with E-state index in [9.17, 15) is 4.79 Å². The Bertz CT molecular complexity index is 660. The summed E-state index contributed by atoms with van der Waals surface area (Å²) in [6, 6.07) is 15.4. The van der Waals surface area contributed by atoms with Gasteiger partial charge in [-0.15, -0.1) is 11.8 Å². The van der Waals surface area contributed by atoms with Crippen molar-refractivity contribution in [2.24, 2.45) is 0 Å². The number of thioether (sulfide) groups is 1. The number of hydrogen-bond donors (Lipinski definition) is 1. The molecule has 2 rings (SSSR count). The van der Waals surface area contributed by atoms with Gasteiger partial charge < -0.3 is 14.8 Å². The van der Waals surface area contributed by atoms with Gasteiger partial charge in [-0.1, -0.05) is 24.3 Å². The summed E-state index contributed by atoms with van der Waals surface area (Å²) in [5, 5.41) is 2.75. The first-order chi connectivity index (χ1) is 11.1. The molecule has 4 nitrogen and oxygen atoms in total. The third kappa shape index (κ3) is 4.93. The van der Waals surface area contributed by atoms with Crippen molar-refractivity contribution in [1.82, 2.24) is 5.32 Å². The van der Waals surface area contributed by atoms with Gasteiger partial charge in [-0.3, -0.25) is 4.79 Å². The average Bonchev–Trinajstić information content (AvgIpc) is 2.59. The molecule has 0 radical (unpaired) electrons. The van der Waals surface area contributed by atoms with Gasteiger partial charge in [0.15, 0.2) is 0 Å². The molecule has 2 aromatic rings. The summed E-state index contributed by atoms with van der Waals surface area (Å²) < 4.78 is 10.5. The zero-order chi connectivity index (χ0) is 16.7. The first-order valence-corrected chi connectivity index (χ1v) is 8.22. The molecule has 0 aliphatic carbocycles. The minimum atomic E-state index is -0.197. The molecule has 1 unspecified atom stereocenters. The number of carbonyl (C=O) groups is 1. The molecule has 0 heterocycles. The maximum Gasteiger partial charge on any atom is 0.233 e. The van der Waals surface area contributed by atoms with E-state index in [1.165, 1.54) is 11.8 Å². The molecule has 5 heteroatoms. The van der Waals surface area contributed by atoms with Crippen molar-refractivity contribution < 1.29 is 14.3 Å². The lowest BCUT2D eigenvalue weighted by Crippen LogP contribution is -2.30. The second-order valence-corrected chi connectivity index (χ2v) is 6.38. The van der Waals surface area contributed by atoms with E-state index in [0.29, 0.717) is 6.54 Å². The Hall–Kier alpha value is -2.14. The molecule has 0 saturated carbocycles. The van der Waals surface area contributed by atoms with Crippen molar-refractivity contribution in [1.29, 1.82) is 0 Å². The van der Waals surface area contributed by atoms with Gasteiger partial charge in [-0.05, 0) is 31.2 Å². The summed E-state index contributed by atoms with van der Waals surface area (Å²) in [6.07, 6.45) is 0. The summed E-state index contributed by atoms with van der Waals surface area (Å²) in [6.45, 7) is 2.34. The van der Waals surface area contributed by atoms with E-state index in [-0.39, 0.29) is 11.2 Å². The van der Waals surface area contributed by atoms with Crippen LogP contribution in [0, 0.1) is 0 Å². The van der Waals surface area contributed by atoms with Crippen LogP contribution in [-0.4, -0.2) is 25.4 Å². The molecule has 0 fully saturated rings. The lowest BCUT2D eigenvalue weighted by atomic mass is 10.2. The molecule has 2 aromatic carbocycles. The largest absolute Gasteiger partial charge is 0.497 e. The van der Waals surface area contributed by atoms with Crippen LogP contribution >= 0.6 is 11.8 Å². The Morgan fingerprint density at radius 2 is 1.91 bits per heavy atom. The summed E-state index contributed by atoms with van der Waals surface area (Å²) in [7, 11) is 3.26. The number of rotatable bonds is 7. The van der Waals surface area contributed by atoms with Crippen molar-refractivity contribution >= 4 is 17.7 Å². The molecular weight excluding hydrogens is 310 g/mol. The van der Waals surface area contributed by atoms with Gasteiger partial charge in [-0.25, -0.2) is 0 Å². The van der Waals surface area contributed by atoms with Crippen LogP contribution in [0.3, 0.4) is 0 Å². The molecule has 0 saturated heterocycles. The van der Waals surface area contributed by atoms with Crippen LogP contribution < -0.4 is 14.8 Å². The summed E-state index contributed by atoms with van der Waals surface area (Å²) in [4.78, 5) is 13.3. The number of carbonyl (C=O) groups excluding carboxylic acids is 1. The first kappa shape index (κ1) is 17.2. The highest BCUT2D eigenvalue weighted by molar-refractivity contribution is 8.00. The number of nitrogens with one attached hydrogen (secondary N) is 1. The molecule has 0 aromatic heterocycles. The van der Waals surface area contributed by atoms with Gasteiger partial charge >= 0.3 is 0 Å². The van der Waals surface area contributed by atoms with Crippen LogP contribution in [-0.2, 0) is 11.3 Å². The van der Waals surface area contributed by atoms with Crippen LogP contribution in [0.4, 0.5) is 0 Å². The van der Waals surface area contributed by atoms with Crippen molar-refractivity contribution in [3.8, 4) is 11.5 Å². The third-order valence-electron chi connectivity index (χ3n) is 3.37. The van der Waals surface area contributed by atoms with E-state index in [0.717, 1.165) is 22.0 Å². The molecule has 122 valence electrons. The maximum atomic E-state index is 12.3. The predicted molar refractivity (Wildman–Crippen MR) is 93.2 cm³/mol. The molecule has 1 amide bonds. The van der Waals surface area contributed by atoms with Crippen LogP contribution in [0.5, 0.6) is 11.5 Å². The van der Waals surface area contributed by atoms with E-state index in [1.807, 2.05) is 55.5 Å². The topological polar surface area (TPSA) is 47.6 Å². The van der Waals surface area contributed by atoms with E-state index in [1.54, 1.807) is 14.2 Å². The maximum absolute atomic E-state index is 12.3. The minimum Gasteiger partial charge on any atom is -0.497 e. The standard InChI is InChI=1S/C18H21NO3S/c1-13(23-16-9-6-8-15(11-16)21-2)18(20)19-12-14-7-4-5-10-17(14)22-3/h4-11,13H,12H2,1-3H3,(H,19,20). The zero-order valence-corrected chi connectivity index (χ0v) is 14.4. The Kier molecular flexibility index (Phi) is 6.35. The molecular formula is C18H21NO3S. The van der Waals surface area contributed by atoms with E-state index < -0.39 is 0 Å². The second-order valence-electron chi connectivity index (χ2n) is 4.97. The van der Waals surface area contributed by atoms with Crippen molar-refractivity contribution in [2.75, 3.05) is 14.2 Å². The number of ether oxygens (including phenoxy) is 2. The second kappa shape index (κ2) is 8.48. The van der Waals surface area contributed by atoms with Gasteiger partial charge in [-0.2, -0.15) is 0 Å². The van der Waals surface area contributed by atoms with Crippen LogP contribution in [0.15, 0.2) is 53.4 Å². The number of benzene rings is 2. The summed E-state index contributed by atoms with van der Waals surface area (Å²) in [5.41, 5.74) is 0.960. The monoisotopic (exact) mass is 331 g/mol. The van der Waals surface area contributed by atoms with Gasteiger partial charge in [0.2, 0.25) is 5.91 Å². The van der Waals surface area contributed by atoms with E-state index in [4.69, 9.17) is 9.47 Å². The normalized spacial score (nSPS) is 11.6. The number of methoxy groups -OCH3 is 2. The van der Waals surface area contributed by atoms with Gasteiger partial charge in [0.25, 0.3) is 0 Å². The molecule has 0 aliphatic heterocycles. The Balaban J connectivity index is 1.92. The molecule has 0 spiro atoms. The third-order valence-corrected chi connectivity index (χ3v) is 4.46. The average molecular weight is 331 g/mol. The first-order valence-electron chi connectivity index (χ1n) is 7.34. The summed E-state index contributed by atoms with van der Waals surface area (Å²) in [5.74, 6) is 1.56. The van der Waals surface area contributed by atoms with Crippen molar-refractivity contribution in [2.45, 2.75) is 23.6 Å². The quantitative estimate of drug-likeness (QED) is 0.789. The predicted octanol–water partition coefficient (Wildman–Crippen LogP) is 3.50. The number of hydrogen-bond acceptors (Lipinski definition) is 4. The summed E-state index contributed by atoms with van der Waals surface area (Å²) >= 11 is 1.50. The molecule has 0 bridgehead atoms. The Morgan fingerprint density at radius 1 is 1.13 bits per heavy atom. The van der Waals surface area contributed by atoms with Crippen molar-refractivity contribution in [3.63, 3.8) is 0 Å². The Morgan fingerprint density at radius 3 is 2.65 bits per heavy atom. The van der Waals surface area contributed by atoms with Crippen LogP contribution in [0.2, 0.25) is 0 Å². The lowest BCUT2D eigenvalue weighted by Gasteiger charge is -2.14. The zero-order valence-electron chi connectivity index (χ0n) is 13.5. The highest BCUT2D eigenvalue weighted by Gasteiger charge is 2.15. The number of para-hydroxylation sites is 1. The molecule has 1 N–H and O–H groups in total. The fourth-order valence-electron chi connectivity index (χ4n) is 2.11. The highest BCUT2D eigenvalue weighted by Crippen LogP contribution is 2.26. The van der Waals surface area contributed by atoms with Gasteiger partial charge in [0.05, 0.1) is 19.5 Å². The molecule has 1 atom stereocenters. The van der Waals surface area contributed by atoms with Crippen molar-refractivity contribution in [3.05, 3.63) is 54.1 Å². The van der Waals surface area contributed by atoms with Crippen LogP contribution in [0.25, 0.3) is 0 Å². The van der Waals surface area contributed by atoms with Gasteiger partial charge in [0, 0.05) is 17.0 Å². The van der Waals surface area contributed by atoms with Crippen LogP contribution in [0.1, 0.15) is 12.5 Å². The SMILES string of the molecule is COc1cccc(SC(C)C(=O)NCc2ccccc2OC)c1.